The first kappa shape index (κ1) is 16.3. The minimum absolute atomic E-state index is 0.142. The summed E-state index contributed by atoms with van der Waals surface area (Å²) < 4.78 is 24.8. The van der Waals surface area contributed by atoms with Crippen molar-refractivity contribution in [3.05, 3.63) is 78.4 Å². The first-order chi connectivity index (χ1) is 11.6. The normalized spacial score (nSPS) is 11.9. The third kappa shape index (κ3) is 3.65. The van der Waals surface area contributed by atoms with Gasteiger partial charge in [0.25, 0.3) is 0 Å². The van der Waals surface area contributed by atoms with E-state index in [9.17, 15) is 4.39 Å². The highest BCUT2D eigenvalue weighted by molar-refractivity contribution is 7.80. The second-order valence-corrected chi connectivity index (χ2v) is 5.70. The fourth-order valence-corrected chi connectivity index (χ4v) is 2.72. The number of halogens is 1. The summed E-state index contributed by atoms with van der Waals surface area (Å²) in [5.74, 6) is 1.16. The number of hydrogen-bond donors (Lipinski definition) is 1. The molecule has 2 aromatic heterocycles. The number of hydrogen-bond acceptors (Lipinski definition) is 3. The SMILES string of the molecule is C[C@@H](c1ccco1)N(Cc1ccco1)C(=S)Nc1ccccc1F. The number of furan rings is 2. The standard InChI is InChI=1S/C18H17FN2O2S/c1-13(17-9-5-11-23-17)21(12-14-6-4-10-22-14)18(24)20-16-8-3-2-7-15(16)19/h2-11,13H,12H2,1H3,(H,20,24)/t13-/m0/s1. The average molecular weight is 344 g/mol. The van der Waals surface area contributed by atoms with Gasteiger partial charge in [0, 0.05) is 0 Å². The van der Waals surface area contributed by atoms with E-state index >= 15 is 0 Å². The van der Waals surface area contributed by atoms with Crippen LogP contribution in [-0.2, 0) is 6.54 Å². The third-order valence-electron chi connectivity index (χ3n) is 3.71. The van der Waals surface area contributed by atoms with Gasteiger partial charge in [0.2, 0.25) is 0 Å². The summed E-state index contributed by atoms with van der Waals surface area (Å²) in [6, 6.07) is 13.7. The molecule has 0 spiro atoms. The summed E-state index contributed by atoms with van der Waals surface area (Å²) in [7, 11) is 0. The van der Waals surface area contributed by atoms with Crippen molar-refractivity contribution in [1.82, 2.24) is 4.90 Å². The van der Waals surface area contributed by atoms with Crippen LogP contribution >= 0.6 is 12.2 Å². The van der Waals surface area contributed by atoms with Crippen molar-refractivity contribution in [2.24, 2.45) is 0 Å². The molecule has 0 unspecified atom stereocenters. The molecule has 4 nitrogen and oxygen atoms in total. The maximum atomic E-state index is 13.9. The highest BCUT2D eigenvalue weighted by atomic mass is 32.1. The number of para-hydroxylation sites is 1. The van der Waals surface area contributed by atoms with Gasteiger partial charge in [-0.15, -0.1) is 0 Å². The van der Waals surface area contributed by atoms with E-state index < -0.39 is 0 Å². The van der Waals surface area contributed by atoms with E-state index in [0.29, 0.717) is 17.3 Å². The molecule has 6 heteroatoms. The van der Waals surface area contributed by atoms with Crippen molar-refractivity contribution in [2.75, 3.05) is 5.32 Å². The van der Waals surface area contributed by atoms with Crippen LogP contribution in [0.2, 0.25) is 0 Å². The lowest BCUT2D eigenvalue weighted by atomic mass is 10.2. The predicted molar refractivity (Wildman–Crippen MR) is 94.0 cm³/mol. The summed E-state index contributed by atoms with van der Waals surface area (Å²) in [4.78, 5) is 1.89. The largest absolute Gasteiger partial charge is 0.467 e. The van der Waals surface area contributed by atoms with Crippen molar-refractivity contribution in [2.45, 2.75) is 19.5 Å². The summed E-state index contributed by atoms with van der Waals surface area (Å²) in [5.41, 5.74) is 0.332. The highest BCUT2D eigenvalue weighted by Gasteiger charge is 2.22. The lowest BCUT2D eigenvalue weighted by molar-refractivity contribution is 0.269. The van der Waals surface area contributed by atoms with Crippen LogP contribution in [0.25, 0.3) is 0 Å². The van der Waals surface area contributed by atoms with E-state index in [1.807, 2.05) is 36.1 Å². The Hall–Kier alpha value is -2.60. The molecule has 1 aromatic carbocycles. The van der Waals surface area contributed by atoms with Crippen LogP contribution in [0.15, 0.2) is 69.9 Å². The second kappa shape index (κ2) is 7.31. The maximum absolute atomic E-state index is 13.9. The number of benzene rings is 1. The molecule has 24 heavy (non-hydrogen) atoms. The quantitative estimate of drug-likeness (QED) is 0.662. The number of rotatable bonds is 5. The molecule has 0 bridgehead atoms. The Balaban J connectivity index is 1.83. The summed E-state index contributed by atoms with van der Waals surface area (Å²) in [5, 5.41) is 3.35. The van der Waals surface area contributed by atoms with E-state index in [0.717, 1.165) is 11.5 Å². The molecular weight excluding hydrogens is 327 g/mol. The molecule has 0 saturated carbocycles. The Kier molecular flexibility index (Phi) is 4.96. The Morgan fingerprint density at radius 2 is 1.88 bits per heavy atom. The van der Waals surface area contributed by atoms with Crippen LogP contribution in [-0.4, -0.2) is 10.0 Å². The molecule has 0 saturated heterocycles. The van der Waals surface area contributed by atoms with Gasteiger partial charge in [-0.1, -0.05) is 12.1 Å². The van der Waals surface area contributed by atoms with E-state index in [2.05, 4.69) is 5.32 Å². The molecule has 3 rings (SSSR count). The number of nitrogens with zero attached hydrogens (tertiary/aromatic N) is 1. The molecule has 0 radical (unpaired) electrons. The maximum Gasteiger partial charge on any atom is 0.174 e. The zero-order chi connectivity index (χ0) is 16.9. The van der Waals surface area contributed by atoms with Gasteiger partial charge in [0.05, 0.1) is 30.8 Å². The average Bonchev–Trinajstić information content (AvgIpc) is 3.27. The van der Waals surface area contributed by atoms with Gasteiger partial charge >= 0.3 is 0 Å². The summed E-state index contributed by atoms with van der Waals surface area (Å²) in [6.07, 6.45) is 3.22. The zero-order valence-electron chi connectivity index (χ0n) is 13.1. The minimum Gasteiger partial charge on any atom is -0.467 e. The number of nitrogens with one attached hydrogen (secondary N) is 1. The fourth-order valence-electron chi connectivity index (χ4n) is 2.39. The Morgan fingerprint density at radius 3 is 2.54 bits per heavy atom. The summed E-state index contributed by atoms with van der Waals surface area (Å²) in [6.45, 7) is 2.41. The fraction of sp³-hybridized carbons (Fsp3) is 0.167. The molecule has 1 N–H and O–H groups in total. The second-order valence-electron chi connectivity index (χ2n) is 5.31. The Morgan fingerprint density at radius 1 is 1.12 bits per heavy atom. The molecular formula is C18H17FN2O2S. The van der Waals surface area contributed by atoms with Gasteiger partial charge in [-0.05, 0) is 55.5 Å². The predicted octanol–water partition coefficient (Wildman–Crippen LogP) is 4.97. The van der Waals surface area contributed by atoms with Crippen LogP contribution in [0.5, 0.6) is 0 Å². The zero-order valence-corrected chi connectivity index (χ0v) is 13.9. The molecule has 0 fully saturated rings. The van der Waals surface area contributed by atoms with E-state index in [1.165, 1.54) is 6.07 Å². The lowest BCUT2D eigenvalue weighted by Gasteiger charge is -2.30. The van der Waals surface area contributed by atoms with Crippen LogP contribution < -0.4 is 5.32 Å². The number of anilines is 1. The van der Waals surface area contributed by atoms with E-state index in [1.54, 1.807) is 30.7 Å². The molecule has 2 heterocycles. The molecule has 0 amide bonds. The monoisotopic (exact) mass is 344 g/mol. The number of thiocarbonyl (C=S) groups is 1. The van der Waals surface area contributed by atoms with Crippen LogP contribution in [0, 0.1) is 5.82 Å². The van der Waals surface area contributed by atoms with E-state index in [4.69, 9.17) is 21.1 Å². The topological polar surface area (TPSA) is 41.6 Å². The molecule has 0 aliphatic rings. The summed E-state index contributed by atoms with van der Waals surface area (Å²) >= 11 is 5.51. The van der Waals surface area contributed by atoms with Gasteiger partial charge in [0.1, 0.15) is 17.3 Å². The minimum atomic E-state index is -0.358. The van der Waals surface area contributed by atoms with Gasteiger partial charge in [-0.3, -0.25) is 0 Å². The van der Waals surface area contributed by atoms with Gasteiger partial charge in [0.15, 0.2) is 5.11 Å². The van der Waals surface area contributed by atoms with Crippen molar-refractivity contribution in [3.63, 3.8) is 0 Å². The van der Waals surface area contributed by atoms with Gasteiger partial charge in [-0.25, -0.2) is 4.39 Å². The van der Waals surface area contributed by atoms with Crippen LogP contribution in [0.3, 0.4) is 0 Å². The molecule has 0 aliphatic heterocycles. The lowest BCUT2D eigenvalue weighted by Crippen LogP contribution is -2.36. The van der Waals surface area contributed by atoms with Crippen LogP contribution in [0.1, 0.15) is 24.5 Å². The molecule has 124 valence electrons. The third-order valence-corrected chi connectivity index (χ3v) is 4.04. The van der Waals surface area contributed by atoms with Gasteiger partial charge < -0.3 is 19.1 Å². The van der Waals surface area contributed by atoms with Crippen molar-refractivity contribution < 1.29 is 13.2 Å². The molecule has 3 aromatic rings. The van der Waals surface area contributed by atoms with Crippen molar-refractivity contribution in [1.29, 1.82) is 0 Å². The Bertz CT molecular complexity index is 787. The smallest absolute Gasteiger partial charge is 0.174 e. The molecule has 0 aliphatic carbocycles. The van der Waals surface area contributed by atoms with Crippen LogP contribution in [0.4, 0.5) is 10.1 Å². The Labute approximate surface area is 144 Å². The first-order valence-electron chi connectivity index (χ1n) is 7.53. The van der Waals surface area contributed by atoms with Crippen molar-refractivity contribution in [3.8, 4) is 0 Å². The van der Waals surface area contributed by atoms with Crippen molar-refractivity contribution >= 4 is 23.0 Å². The highest BCUT2D eigenvalue weighted by Crippen LogP contribution is 2.25. The van der Waals surface area contributed by atoms with E-state index in [-0.39, 0.29) is 11.9 Å². The molecule has 1 atom stereocenters. The van der Waals surface area contributed by atoms with Gasteiger partial charge in [-0.2, -0.15) is 0 Å². The first-order valence-corrected chi connectivity index (χ1v) is 7.94.